The molecule has 0 aliphatic carbocycles. The summed E-state index contributed by atoms with van der Waals surface area (Å²) in [5, 5.41) is 3.19. The second-order valence-electron chi connectivity index (χ2n) is 7.97. The van der Waals surface area contributed by atoms with E-state index < -0.39 is 0 Å². The molecule has 3 rings (SSSR count). The molecular weight excluding hydrogens is 338 g/mol. The zero-order valence-corrected chi connectivity index (χ0v) is 16.7. The summed E-state index contributed by atoms with van der Waals surface area (Å²) in [6, 6.07) is 8.26. The number of likely N-dealkylation sites (N-methyl/N-ethyl adjacent to an activating group) is 1. The first kappa shape index (κ1) is 19.3. The fraction of sp³-hybridized carbons (Fsp3) is 0.476. The van der Waals surface area contributed by atoms with Crippen LogP contribution in [0.2, 0.25) is 0 Å². The minimum atomic E-state index is 0.00633. The molecule has 0 spiro atoms. The minimum Gasteiger partial charge on any atom is -0.336 e. The number of amides is 1. The van der Waals surface area contributed by atoms with Crippen LogP contribution in [-0.2, 0) is 5.41 Å². The molecule has 1 fully saturated rings. The Morgan fingerprint density at radius 3 is 2.15 bits per heavy atom. The standard InChI is InChI=1S/C21H29N5O/c1-5-25-10-12-26(13-11-25)19(27)16-14-22-20(23-15-16)24-18-8-6-17(7-9-18)21(2,3)4/h6-9,14-15H,5,10-13H2,1-4H3,(H,22,23,24). The SMILES string of the molecule is CCN1CCN(C(=O)c2cnc(Nc3ccc(C(C)(C)C)cc3)nc2)CC1. The molecule has 27 heavy (non-hydrogen) atoms. The molecule has 0 atom stereocenters. The molecule has 1 aliphatic rings. The van der Waals surface area contributed by atoms with E-state index in [0.29, 0.717) is 11.5 Å². The van der Waals surface area contributed by atoms with Crippen molar-refractivity contribution in [3.8, 4) is 0 Å². The Balaban J connectivity index is 1.61. The summed E-state index contributed by atoms with van der Waals surface area (Å²) in [7, 11) is 0. The number of benzene rings is 1. The molecule has 1 N–H and O–H groups in total. The molecule has 1 saturated heterocycles. The van der Waals surface area contributed by atoms with Gasteiger partial charge in [0.25, 0.3) is 5.91 Å². The number of nitrogens with one attached hydrogen (secondary N) is 1. The highest BCUT2D eigenvalue weighted by Crippen LogP contribution is 2.24. The van der Waals surface area contributed by atoms with Gasteiger partial charge in [-0.05, 0) is 29.7 Å². The third-order valence-corrected chi connectivity index (χ3v) is 5.01. The number of carbonyl (C=O) groups excluding carboxylic acids is 1. The third-order valence-electron chi connectivity index (χ3n) is 5.01. The van der Waals surface area contributed by atoms with Crippen molar-refractivity contribution < 1.29 is 4.79 Å². The van der Waals surface area contributed by atoms with Gasteiger partial charge < -0.3 is 15.1 Å². The highest BCUT2D eigenvalue weighted by molar-refractivity contribution is 5.93. The number of rotatable bonds is 4. The van der Waals surface area contributed by atoms with E-state index in [9.17, 15) is 4.79 Å². The van der Waals surface area contributed by atoms with Gasteiger partial charge in [-0.1, -0.05) is 39.8 Å². The van der Waals surface area contributed by atoms with Crippen LogP contribution in [0.1, 0.15) is 43.6 Å². The molecule has 0 radical (unpaired) electrons. The first-order valence-corrected chi connectivity index (χ1v) is 9.58. The van der Waals surface area contributed by atoms with Crippen LogP contribution in [-0.4, -0.2) is 58.4 Å². The smallest absolute Gasteiger partial charge is 0.257 e. The van der Waals surface area contributed by atoms with Crippen LogP contribution >= 0.6 is 0 Å². The molecular formula is C21H29N5O. The molecule has 2 heterocycles. The van der Waals surface area contributed by atoms with Crippen LogP contribution in [0.4, 0.5) is 11.6 Å². The van der Waals surface area contributed by atoms with Gasteiger partial charge in [-0.2, -0.15) is 0 Å². The molecule has 2 aromatic rings. The molecule has 0 bridgehead atoms. The lowest BCUT2D eigenvalue weighted by atomic mass is 9.87. The van der Waals surface area contributed by atoms with Gasteiger partial charge in [-0.25, -0.2) is 9.97 Å². The van der Waals surface area contributed by atoms with Crippen LogP contribution in [0.5, 0.6) is 0 Å². The second kappa shape index (κ2) is 8.05. The zero-order chi connectivity index (χ0) is 19.4. The molecule has 1 amide bonds. The normalized spacial score (nSPS) is 15.6. The first-order valence-electron chi connectivity index (χ1n) is 9.58. The van der Waals surface area contributed by atoms with Gasteiger partial charge in [0.15, 0.2) is 0 Å². The van der Waals surface area contributed by atoms with Crippen molar-refractivity contribution in [2.45, 2.75) is 33.1 Å². The van der Waals surface area contributed by atoms with Gasteiger partial charge in [-0.15, -0.1) is 0 Å². The Labute approximate surface area is 161 Å². The van der Waals surface area contributed by atoms with Crippen LogP contribution in [0, 0.1) is 0 Å². The molecule has 6 nitrogen and oxygen atoms in total. The van der Waals surface area contributed by atoms with Crippen LogP contribution < -0.4 is 5.32 Å². The molecule has 1 aliphatic heterocycles. The van der Waals surface area contributed by atoms with Gasteiger partial charge in [-0.3, -0.25) is 4.79 Å². The average Bonchev–Trinajstić information content (AvgIpc) is 2.68. The maximum atomic E-state index is 12.6. The van der Waals surface area contributed by atoms with E-state index in [1.54, 1.807) is 12.4 Å². The molecule has 144 valence electrons. The number of aromatic nitrogens is 2. The predicted molar refractivity (Wildman–Crippen MR) is 108 cm³/mol. The summed E-state index contributed by atoms with van der Waals surface area (Å²) in [5.74, 6) is 0.498. The van der Waals surface area contributed by atoms with Crippen molar-refractivity contribution in [1.29, 1.82) is 0 Å². The minimum absolute atomic E-state index is 0.00633. The summed E-state index contributed by atoms with van der Waals surface area (Å²) in [5.41, 5.74) is 2.86. The van der Waals surface area contributed by atoms with E-state index in [2.05, 4.69) is 60.0 Å². The number of nitrogens with zero attached hydrogens (tertiary/aromatic N) is 4. The monoisotopic (exact) mass is 367 g/mol. The van der Waals surface area contributed by atoms with Gasteiger partial charge in [0.05, 0.1) is 5.56 Å². The van der Waals surface area contributed by atoms with E-state index >= 15 is 0 Å². The van der Waals surface area contributed by atoms with Crippen molar-refractivity contribution in [3.05, 3.63) is 47.8 Å². The Bertz CT molecular complexity index is 757. The van der Waals surface area contributed by atoms with Crippen molar-refractivity contribution in [1.82, 2.24) is 19.8 Å². The number of anilines is 2. The van der Waals surface area contributed by atoms with Gasteiger partial charge >= 0.3 is 0 Å². The maximum Gasteiger partial charge on any atom is 0.257 e. The second-order valence-corrected chi connectivity index (χ2v) is 7.97. The molecule has 0 unspecified atom stereocenters. The lowest BCUT2D eigenvalue weighted by Gasteiger charge is -2.33. The zero-order valence-electron chi connectivity index (χ0n) is 16.7. The van der Waals surface area contributed by atoms with E-state index in [1.165, 1.54) is 5.56 Å². The Kier molecular flexibility index (Phi) is 5.75. The van der Waals surface area contributed by atoms with Gasteiger partial charge in [0.2, 0.25) is 5.95 Å². The summed E-state index contributed by atoms with van der Waals surface area (Å²) in [6.45, 7) is 13.1. The molecule has 6 heteroatoms. The molecule has 0 saturated carbocycles. The topological polar surface area (TPSA) is 61.4 Å². The summed E-state index contributed by atoms with van der Waals surface area (Å²) >= 11 is 0. The van der Waals surface area contributed by atoms with E-state index in [4.69, 9.17) is 0 Å². The number of hydrogen-bond acceptors (Lipinski definition) is 5. The third kappa shape index (κ3) is 4.83. The van der Waals surface area contributed by atoms with Gasteiger partial charge in [0.1, 0.15) is 0 Å². The Hall–Kier alpha value is -2.47. The summed E-state index contributed by atoms with van der Waals surface area (Å²) in [4.78, 5) is 25.5. The fourth-order valence-corrected chi connectivity index (χ4v) is 3.14. The average molecular weight is 367 g/mol. The van der Waals surface area contributed by atoms with E-state index in [0.717, 1.165) is 38.4 Å². The van der Waals surface area contributed by atoms with E-state index in [1.807, 2.05) is 17.0 Å². The highest BCUT2D eigenvalue weighted by atomic mass is 16.2. The lowest BCUT2D eigenvalue weighted by molar-refractivity contribution is 0.0642. The number of carbonyl (C=O) groups is 1. The van der Waals surface area contributed by atoms with Crippen molar-refractivity contribution in [2.24, 2.45) is 0 Å². The van der Waals surface area contributed by atoms with Gasteiger partial charge in [0, 0.05) is 44.3 Å². The summed E-state index contributed by atoms with van der Waals surface area (Å²) in [6.07, 6.45) is 3.21. The largest absolute Gasteiger partial charge is 0.336 e. The van der Waals surface area contributed by atoms with Crippen LogP contribution in [0.25, 0.3) is 0 Å². The number of hydrogen-bond donors (Lipinski definition) is 1. The van der Waals surface area contributed by atoms with Crippen molar-refractivity contribution in [2.75, 3.05) is 38.0 Å². The Morgan fingerprint density at radius 1 is 1.04 bits per heavy atom. The van der Waals surface area contributed by atoms with Crippen molar-refractivity contribution in [3.63, 3.8) is 0 Å². The Morgan fingerprint density at radius 2 is 1.63 bits per heavy atom. The summed E-state index contributed by atoms with van der Waals surface area (Å²) < 4.78 is 0. The molecule has 1 aromatic carbocycles. The van der Waals surface area contributed by atoms with Crippen LogP contribution in [0.15, 0.2) is 36.7 Å². The van der Waals surface area contributed by atoms with E-state index in [-0.39, 0.29) is 11.3 Å². The lowest BCUT2D eigenvalue weighted by Crippen LogP contribution is -2.48. The predicted octanol–water partition coefficient (Wildman–Crippen LogP) is 3.30. The first-order chi connectivity index (χ1) is 12.9. The fourth-order valence-electron chi connectivity index (χ4n) is 3.14. The van der Waals surface area contributed by atoms with Crippen LogP contribution in [0.3, 0.4) is 0 Å². The number of piperazine rings is 1. The van der Waals surface area contributed by atoms with Crippen molar-refractivity contribution >= 4 is 17.5 Å². The quantitative estimate of drug-likeness (QED) is 0.898. The highest BCUT2D eigenvalue weighted by Gasteiger charge is 2.21. The molecule has 1 aromatic heterocycles. The maximum absolute atomic E-state index is 12.6.